The molecule has 3 aliphatic heterocycles. The molecule has 0 spiro atoms. The average molecular weight is 1000 g/mol. The topological polar surface area (TPSA) is 206 Å². The van der Waals surface area contributed by atoms with E-state index in [0.717, 1.165) is 11.1 Å². The Morgan fingerprint density at radius 2 is 1.62 bits per heavy atom. The molecule has 72 heavy (non-hydrogen) atoms. The molecule has 4 aliphatic rings. The monoisotopic (exact) mass is 1000 g/mol. The first-order valence-corrected chi connectivity index (χ1v) is 26.3. The van der Waals surface area contributed by atoms with Crippen LogP contribution in [0.5, 0.6) is 0 Å². The largest absolute Gasteiger partial charge is 0.460 e. The van der Waals surface area contributed by atoms with Gasteiger partial charge in [0.05, 0.1) is 37.1 Å². The highest BCUT2D eigenvalue weighted by molar-refractivity contribution is 6.39. The summed E-state index contributed by atoms with van der Waals surface area (Å²) in [6.45, 7) is 14.4. The summed E-state index contributed by atoms with van der Waals surface area (Å²) in [6.07, 6.45) is 12.4. The zero-order valence-corrected chi connectivity index (χ0v) is 43.7. The number of Topliss-reactive ketones (excluding diaryl/α,β-unsaturated/α-hetero) is 3. The van der Waals surface area contributed by atoms with Crippen molar-refractivity contribution >= 4 is 29.2 Å². The van der Waals surface area contributed by atoms with E-state index in [2.05, 4.69) is 6.58 Å². The van der Waals surface area contributed by atoms with Gasteiger partial charge in [0.25, 0.3) is 11.7 Å². The van der Waals surface area contributed by atoms with Crippen molar-refractivity contribution in [1.29, 1.82) is 0 Å². The van der Waals surface area contributed by atoms with Gasteiger partial charge >= 0.3 is 5.97 Å². The Labute approximate surface area is 427 Å². The number of hydrogen-bond donors (Lipinski definition) is 4. The fraction of sp³-hybridized carbons (Fsp3) is 0.638. The number of amides is 1. The molecule has 15 atom stereocenters. The predicted molar refractivity (Wildman–Crippen MR) is 274 cm³/mol. The van der Waals surface area contributed by atoms with E-state index in [0.29, 0.717) is 63.4 Å². The van der Waals surface area contributed by atoms with E-state index in [9.17, 15) is 44.4 Å². The van der Waals surface area contributed by atoms with E-state index < -0.39 is 83.9 Å². The molecular formula is C58H83NO13. The van der Waals surface area contributed by atoms with Crippen LogP contribution in [0.3, 0.4) is 0 Å². The lowest BCUT2D eigenvalue weighted by Crippen LogP contribution is -2.61. The van der Waals surface area contributed by atoms with Crippen molar-refractivity contribution in [2.75, 3.05) is 20.3 Å². The molecule has 5 rings (SSSR count). The van der Waals surface area contributed by atoms with Crippen LogP contribution in [0.25, 0.3) is 0 Å². The summed E-state index contributed by atoms with van der Waals surface area (Å²) in [5.74, 6) is -8.19. The first-order valence-electron chi connectivity index (χ1n) is 26.3. The third kappa shape index (κ3) is 15.8. The van der Waals surface area contributed by atoms with Crippen molar-refractivity contribution < 1.29 is 63.3 Å². The SMILES string of the molecule is C=C[C@@H]1/C=C/C=C/C=C(\C)C(O[C@@H](CO)c2ccccc2)C[C@@H]2CC[C@@H](C)[C@@](O)(O2)C(=O)C(=O)N2CCCC[C@H]2C(=O)O[C@H]([C@H](C)C[C@@H]2CC[C@@H](O)[C@H](OC)C2)CC(=O)[C@H](C)/C=C(\C)[C@@H](O)CC(=O)[C@H](C)C1. The number of fused-ring (bicyclic) bond motifs is 3. The van der Waals surface area contributed by atoms with Crippen LogP contribution in [0, 0.1) is 35.5 Å². The fourth-order valence-electron chi connectivity index (χ4n) is 10.7. The van der Waals surface area contributed by atoms with Gasteiger partial charge in [-0.05, 0) is 113 Å². The van der Waals surface area contributed by atoms with Crippen LogP contribution in [0.1, 0.15) is 137 Å². The van der Waals surface area contributed by atoms with Crippen molar-refractivity contribution in [3.05, 3.63) is 96.2 Å². The molecule has 1 aromatic carbocycles. The van der Waals surface area contributed by atoms with Gasteiger partial charge in [-0.1, -0.05) is 101 Å². The van der Waals surface area contributed by atoms with E-state index in [4.69, 9.17) is 18.9 Å². The van der Waals surface area contributed by atoms with Gasteiger partial charge in [0.15, 0.2) is 0 Å². The Morgan fingerprint density at radius 3 is 2.32 bits per heavy atom. The van der Waals surface area contributed by atoms with E-state index in [-0.39, 0.29) is 74.3 Å². The average Bonchev–Trinajstić information content (AvgIpc) is 3.37. The van der Waals surface area contributed by atoms with Crippen molar-refractivity contribution in [3.63, 3.8) is 0 Å². The van der Waals surface area contributed by atoms with Crippen LogP contribution in [-0.4, -0.2) is 123 Å². The number of rotatable bonds is 9. The lowest BCUT2D eigenvalue weighted by atomic mass is 9.78. The summed E-state index contributed by atoms with van der Waals surface area (Å²) in [5, 5.41) is 44.5. The second-order valence-electron chi connectivity index (χ2n) is 21.2. The summed E-state index contributed by atoms with van der Waals surface area (Å²) >= 11 is 0. The highest BCUT2D eigenvalue weighted by Crippen LogP contribution is 2.38. The smallest absolute Gasteiger partial charge is 0.329 e. The summed E-state index contributed by atoms with van der Waals surface area (Å²) < 4.78 is 24.8. The Bertz CT molecular complexity index is 2120. The minimum atomic E-state index is -2.52. The van der Waals surface area contributed by atoms with Crippen LogP contribution < -0.4 is 0 Å². The molecule has 398 valence electrons. The number of aliphatic hydroxyl groups excluding tert-OH is 3. The molecule has 3 fully saturated rings. The van der Waals surface area contributed by atoms with Crippen LogP contribution in [-0.2, 0) is 42.9 Å². The number of methoxy groups -OCH3 is 1. The van der Waals surface area contributed by atoms with Gasteiger partial charge < -0.3 is 44.3 Å². The van der Waals surface area contributed by atoms with Gasteiger partial charge in [0.2, 0.25) is 5.79 Å². The molecule has 2 saturated heterocycles. The zero-order chi connectivity index (χ0) is 52.7. The molecule has 3 heterocycles. The van der Waals surface area contributed by atoms with Crippen LogP contribution in [0.15, 0.2) is 90.6 Å². The van der Waals surface area contributed by atoms with Gasteiger partial charge in [0, 0.05) is 50.7 Å². The maximum absolute atomic E-state index is 14.5. The third-order valence-electron chi connectivity index (χ3n) is 15.7. The number of aliphatic hydroxyl groups is 4. The van der Waals surface area contributed by atoms with Crippen LogP contribution >= 0.6 is 0 Å². The Kier molecular flexibility index (Phi) is 22.5. The number of allylic oxidation sites excluding steroid dienone is 7. The standard InChI is InChI=1S/C58H83NO13/c1-9-42-19-13-10-12-18-36(2)51(70-54(35-60)44-20-14-11-15-21-44)32-45-25-23-41(7)58(68,72-45)55(65)56(66)59-27-17-16-22-46(59)57(67)71-52(40(6)30-43-24-26-47(61)53(31-43)69-8)34-50(64)38(4)28-37(3)48(62)33-49(63)39(5)29-42/h9-15,18-21,28,38-43,45-48,51-54,60-62,68H,1,16-17,22-27,29-35H2,2-8H3/b12-10+,19-13+,36-18+,37-28+/t38-,39-,40-,41-,42-,43+,45+,46+,47-,48+,51?,52+,53-,54+,58-/m1/s1. The number of carbonyl (C=O) groups excluding carboxylic acids is 5. The molecule has 14 heteroatoms. The minimum absolute atomic E-state index is 0.0593. The molecule has 0 radical (unpaired) electrons. The highest BCUT2D eigenvalue weighted by atomic mass is 16.6. The van der Waals surface area contributed by atoms with Gasteiger partial charge in [-0.3, -0.25) is 19.2 Å². The number of benzene rings is 1. The van der Waals surface area contributed by atoms with Crippen molar-refractivity contribution in [2.24, 2.45) is 35.5 Å². The molecule has 1 unspecified atom stereocenters. The van der Waals surface area contributed by atoms with Crippen molar-refractivity contribution in [2.45, 2.75) is 180 Å². The molecule has 1 amide bonds. The quantitative estimate of drug-likeness (QED) is 0.106. The summed E-state index contributed by atoms with van der Waals surface area (Å²) in [7, 11) is 1.56. The number of ether oxygens (including phenoxy) is 4. The van der Waals surface area contributed by atoms with Gasteiger partial charge in [-0.25, -0.2) is 4.79 Å². The zero-order valence-electron chi connectivity index (χ0n) is 43.7. The van der Waals surface area contributed by atoms with Gasteiger partial charge in [0.1, 0.15) is 29.8 Å². The molecule has 1 aliphatic carbocycles. The van der Waals surface area contributed by atoms with Gasteiger partial charge in [-0.2, -0.15) is 0 Å². The molecule has 1 aromatic rings. The van der Waals surface area contributed by atoms with E-state index >= 15 is 0 Å². The minimum Gasteiger partial charge on any atom is -0.460 e. The number of esters is 1. The predicted octanol–water partition coefficient (Wildman–Crippen LogP) is 7.83. The normalized spacial score (nSPS) is 36.9. The van der Waals surface area contributed by atoms with Crippen molar-refractivity contribution in [1.82, 2.24) is 4.90 Å². The fourth-order valence-corrected chi connectivity index (χ4v) is 10.7. The molecule has 14 nitrogen and oxygen atoms in total. The lowest BCUT2D eigenvalue weighted by Gasteiger charge is -2.43. The summed E-state index contributed by atoms with van der Waals surface area (Å²) in [4.78, 5) is 72.2. The van der Waals surface area contributed by atoms with Gasteiger partial charge in [-0.15, -0.1) is 6.58 Å². The number of nitrogens with zero attached hydrogens (tertiary/aromatic N) is 1. The molecule has 2 bridgehead atoms. The van der Waals surface area contributed by atoms with Crippen molar-refractivity contribution in [3.8, 4) is 0 Å². The number of cyclic esters (lactones) is 1. The third-order valence-corrected chi connectivity index (χ3v) is 15.7. The first kappa shape index (κ1) is 58.5. The van der Waals surface area contributed by atoms with E-state index in [1.807, 2.05) is 81.5 Å². The Balaban J connectivity index is 1.49. The first-order chi connectivity index (χ1) is 34.3. The second kappa shape index (κ2) is 27.8. The molecule has 0 aromatic heterocycles. The highest BCUT2D eigenvalue weighted by Gasteiger charge is 2.53. The maximum atomic E-state index is 14.5. The lowest BCUT2D eigenvalue weighted by molar-refractivity contribution is -0.266. The number of carbonyl (C=O) groups is 5. The molecule has 1 saturated carbocycles. The van der Waals surface area contributed by atoms with E-state index in [1.165, 1.54) is 4.90 Å². The molecular weight excluding hydrogens is 919 g/mol. The number of ketones is 3. The number of hydrogen-bond acceptors (Lipinski definition) is 13. The van der Waals surface area contributed by atoms with Crippen LogP contribution in [0.2, 0.25) is 0 Å². The maximum Gasteiger partial charge on any atom is 0.329 e. The molecule has 4 N–H and O–H groups in total. The summed E-state index contributed by atoms with van der Waals surface area (Å²) in [5.41, 5.74) is 1.99. The Hall–Kier alpha value is -4.41. The van der Waals surface area contributed by atoms with Crippen LogP contribution in [0.4, 0.5) is 0 Å². The second-order valence-corrected chi connectivity index (χ2v) is 21.2. The number of piperidine rings is 1. The summed E-state index contributed by atoms with van der Waals surface area (Å²) in [6, 6.07) is 8.12. The Morgan fingerprint density at radius 1 is 0.889 bits per heavy atom. The van der Waals surface area contributed by atoms with E-state index in [1.54, 1.807) is 40.0 Å².